The van der Waals surface area contributed by atoms with Crippen LogP contribution in [0.3, 0.4) is 0 Å². The molecule has 0 fully saturated rings. The van der Waals surface area contributed by atoms with Gasteiger partial charge in [0.1, 0.15) is 6.04 Å². The van der Waals surface area contributed by atoms with Gasteiger partial charge < -0.3 is 21.3 Å². The summed E-state index contributed by atoms with van der Waals surface area (Å²) in [5.41, 5.74) is 0. The molecule has 0 spiro atoms. The van der Waals surface area contributed by atoms with Crippen LogP contribution in [0.15, 0.2) is 0 Å². The van der Waals surface area contributed by atoms with Gasteiger partial charge in [0.15, 0.2) is 5.78 Å². The average Bonchev–Trinajstić information content (AvgIpc) is 2.82. The molecule has 0 aromatic heterocycles. The summed E-state index contributed by atoms with van der Waals surface area (Å²) in [6, 6.07) is -1.21. The summed E-state index contributed by atoms with van der Waals surface area (Å²) in [5, 5.41) is 11.8. The van der Waals surface area contributed by atoms with Crippen molar-refractivity contribution in [3.05, 3.63) is 0 Å². The van der Waals surface area contributed by atoms with Crippen molar-refractivity contribution in [3.8, 4) is 0 Å². The van der Waals surface area contributed by atoms with Gasteiger partial charge in [-0.3, -0.25) is 19.2 Å². The van der Waals surface area contributed by atoms with Crippen molar-refractivity contribution in [2.24, 2.45) is 5.92 Å². The van der Waals surface area contributed by atoms with E-state index in [1.54, 1.807) is 0 Å². The third kappa shape index (κ3) is 19.3. The number of ketones is 1. The lowest BCUT2D eigenvalue weighted by molar-refractivity contribution is -0.131. The number of unbranched alkanes of at least 4 members (excludes halogenated alkanes) is 5. The molecule has 4 N–H and O–H groups in total. The third-order valence-electron chi connectivity index (χ3n) is 6.31. The zero-order chi connectivity index (χ0) is 27.2. The van der Waals surface area contributed by atoms with Crippen molar-refractivity contribution in [2.75, 3.05) is 20.1 Å². The molecule has 0 heterocycles. The molecule has 0 aliphatic heterocycles. The lowest BCUT2D eigenvalue weighted by Gasteiger charge is -2.22. The van der Waals surface area contributed by atoms with E-state index < -0.39 is 12.1 Å². The number of hydrogen-bond donors (Lipinski definition) is 4. The summed E-state index contributed by atoms with van der Waals surface area (Å²) < 4.78 is 0. The van der Waals surface area contributed by atoms with Gasteiger partial charge in [-0.25, -0.2) is 0 Å². The minimum Gasteiger partial charge on any atom is -0.356 e. The molecule has 0 aliphatic carbocycles. The number of amides is 3. The SMILES string of the molecule is CCCCCC(=O)NC(CCCCNC(=O)CCCCC(C)C)C(=O)NC(CCCCNC)C(C)=O. The number of carbonyl (C=O) groups is 4. The highest BCUT2D eigenvalue weighted by atomic mass is 16.2. The van der Waals surface area contributed by atoms with Crippen LogP contribution in [0.2, 0.25) is 0 Å². The third-order valence-corrected chi connectivity index (χ3v) is 6.31. The lowest BCUT2D eigenvalue weighted by Crippen LogP contribution is -2.51. The highest BCUT2D eigenvalue weighted by Crippen LogP contribution is 2.09. The van der Waals surface area contributed by atoms with Crippen molar-refractivity contribution in [2.45, 2.75) is 130 Å². The Hall–Kier alpha value is -1.96. The first kappa shape index (κ1) is 34.0. The van der Waals surface area contributed by atoms with E-state index in [0.717, 1.165) is 64.3 Å². The van der Waals surface area contributed by atoms with Gasteiger partial charge in [0.05, 0.1) is 6.04 Å². The predicted octanol–water partition coefficient (Wildman–Crippen LogP) is 4.02. The van der Waals surface area contributed by atoms with E-state index in [2.05, 4.69) is 42.0 Å². The normalized spacial score (nSPS) is 12.7. The van der Waals surface area contributed by atoms with Crippen molar-refractivity contribution >= 4 is 23.5 Å². The monoisotopic (exact) mass is 510 g/mol. The molecule has 0 bridgehead atoms. The minimum absolute atomic E-state index is 0.0693. The molecule has 2 unspecified atom stereocenters. The number of hydrogen-bond acceptors (Lipinski definition) is 5. The van der Waals surface area contributed by atoms with Crippen LogP contribution in [0.1, 0.15) is 118 Å². The van der Waals surface area contributed by atoms with E-state index in [1.807, 2.05) is 7.05 Å². The summed E-state index contributed by atoms with van der Waals surface area (Å²) in [7, 11) is 1.89. The quantitative estimate of drug-likeness (QED) is 0.155. The Morgan fingerprint density at radius 1 is 0.667 bits per heavy atom. The molecular formula is C28H54N4O4. The van der Waals surface area contributed by atoms with Crippen LogP contribution in [0, 0.1) is 5.92 Å². The molecule has 8 heteroatoms. The smallest absolute Gasteiger partial charge is 0.243 e. The van der Waals surface area contributed by atoms with E-state index in [1.165, 1.54) is 6.92 Å². The van der Waals surface area contributed by atoms with Gasteiger partial charge in [-0.15, -0.1) is 0 Å². The largest absolute Gasteiger partial charge is 0.356 e. The van der Waals surface area contributed by atoms with Crippen LogP contribution < -0.4 is 21.3 Å². The Morgan fingerprint density at radius 3 is 1.86 bits per heavy atom. The first-order valence-corrected chi connectivity index (χ1v) is 14.2. The molecule has 0 rings (SSSR count). The Bertz CT molecular complexity index is 625. The van der Waals surface area contributed by atoms with Crippen molar-refractivity contribution < 1.29 is 19.2 Å². The molecule has 0 radical (unpaired) electrons. The van der Waals surface area contributed by atoms with Crippen LogP contribution in [-0.2, 0) is 19.2 Å². The Kier molecular flexibility index (Phi) is 21.0. The Morgan fingerprint density at radius 2 is 1.25 bits per heavy atom. The van der Waals surface area contributed by atoms with Crippen molar-refractivity contribution in [3.63, 3.8) is 0 Å². The van der Waals surface area contributed by atoms with Crippen LogP contribution in [0.25, 0.3) is 0 Å². The van der Waals surface area contributed by atoms with E-state index in [0.29, 0.717) is 44.6 Å². The highest BCUT2D eigenvalue weighted by molar-refractivity contribution is 5.92. The summed E-state index contributed by atoms with van der Waals surface area (Å²) in [6.45, 7) is 9.37. The molecule has 0 aliphatic rings. The van der Waals surface area contributed by atoms with Crippen LogP contribution in [0.4, 0.5) is 0 Å². The second kappa shape index (κ2) is 22.3. The molecule has 36 heavy (non-hydrogen) atoms. The minimum atomic E-state index is -0.676. The number of Topliss-reactive ketones (excluding diaryl/α,β-unsaturated/α-hetero) is 1. The van der Waals surface area contributed by atoms with Gasteiger partial charge in [-0.2, -0.15) is 0 Å². The molecule has 0 aromatic carbocycles. The zero-order valence-corrected chi connectivity index (χ0v) is 23.7. The fraction of sp³-hybridized carbons (Fsp3) is 0.857. The molecule has 210 valence electrons. The maximum Gasteiger partial charge on any atom is 0.243 e. The van der Waals surface area contributed by atoms with E-state index in [-0.39, 0.29) is 23.5 Å². The van der Waals surface area contributed by atoms with Gasteiger partial charge in [0.25, 0.3) is 0 Å². The van der Waals surface area contributed by atoms with Gasteiger partial charge in [-0.05, 0) is 77.8 Å². The standard InChI is InChI=1S/C28H54N4O4/c1-6-7-8-19-27(35)31-25(28(36)32-24(23(4)33)16-11-13-20-29-5)17-12-14-21-30-26(34)18-10-9-15-22(2)3/h22,24-25,29H,6-21H2,1-5H3,(H,30,34)(H,31,35)(H,32,36). The maximum atomic E-state index is 13.0. The highest BCUT2D eigenvalue weighted by Gasteiger charge is 2.24. The van der Waals surface area contributed by atoms with Gasteiger partial charge in [0, 0.05) is 19.4 Å². The molecule has 8 nitrogen and oxygen atoms in total. The number of rotatable bonds is 23. The van der Waals surface area contributed by atoms with Crippen LogP contribution >= 0.6 is 0 Å². The van der Waals surface area contributed by atoms with Crippen molar-refractivity contribution in [1.82, 2.24) is 21.3 Å². The Labute approximate surface area is 219 Å². The molecule has 3 amide bonds. The fourth-order valence-corrected chi connectivity index (χ4v) is 4.00. The second-order valence-electron chi connectivity index (χ2n) is 10.3. The lowest BCUT2D eigenvalue weighted by atomic mass is 10.0. The summed E-state index contributed by atoms with van der Waals surface area (Å²) in [5.74, 6) is 0.222. The first-order chi connectivity index (χ1) is 17.2. The number of nitrogens with one attached hydrogen (secondary N) is 4. The average molecular weight is 511 g/mol. The van der Waals surface area contributed by atoms with E-state index >= 15 is 0 Å². The zero-order valence-electron chi connectivity index (χ0n) is 23.7. The molecule has 2 atom stereocenters. The molecule has 0 saturated carbocycles. The first-order valence-electron chi connectivity index (χ1n) is 14.2. The Balaban J connectivity index is 4.68. The topological polar surface area (TPSA) is 116 Å². The van der Waals surface area contributed by atoms with Gasteiger partial charge in [-0.1, -0.05) is 46.5 Å². The molecule has 0 saturated heterocycles. The second-order valence-corrected chi connectivity index (χ2v) is 10.3. The maximum absolute atomic E-state index is 13.0. The summed E-state index contributed by atoms with van der Waals surface area (Å²) >= 11 is 0. The number of carbonyl (C=O) groups excluding carboxylic acids is 4. The molecular weight excluding hydrogens is 456 g/mol. The van der Waals surface area contributed by atoms with Gasteiger partial charge in [0.2, 0.25) is 17.7 Å². The van der Waals surface area contributed by atoms with Crippen LogP contribution in [-0.4, -0.2) is 55.7 Å². The van der Waals surface area contributed by atoms with Gasteiger partial charge >= 0.3 is 0 Å². The summed E-state index contributed by atoms with van der Waals surface area (Å²) in [4.78, 5) is 49.5. The van der Waals surface area contributed by atoms with Crippen molar-refractivity contribution in [1.29, 1.82) is 0 Å². The molecule has 0 aromatic rings. The van der Waals surface area contributed by atoms with Crippen LogP contribution in [0.5, 0.6) is 0 Å². The predicted molar refractivity (Wildman–Crippen MR) is 147 cm³/mol. The van der Waals surface area contributed by atoms with E-state index in [9.17, 15) is 19.2 Å². The summed E-state index contributed by atoms with van der Waals surface area (Å²) in [6.07, 6.45) is 11.1. The van der Waals surface area contributed by atoms with E-state index in [4.69, 9.17) is 0 Å². The fourth-order valence-electron chi connectivity index (χ4n) is 4.00.